The van der Waals surface area contributed by atoms with E-state index in [1.165, 1.54) is 7.05 Å². The molecule has 1 aromatic heterocycles. The van der Waals surface area contributed by atoms with Crippen molar-refractivity contribution in [2.75, 3.05) is 5.32 Å². The fourth-order valence-electron chi connectivity index (χ4n) is 3.34. The number of amides is 1. The van der Waals surface area contributed by atoms with E-state index in [1.54, 1.807) is 30.3 Å². The number of carbonyl (C=O) groups excluding carboxylic acids is 1. The van der Waals surface area contributed by atoms with Gasteiger partial charge in [0.2, 0.25) is 5.91 Å². The summed E-state index contributed by atoms with van der Waals surface area (Å²) in [5.74, 6) is -12.0. The van der Waals surface area contributed by atoms with Crippen LogP contribution in [0.2, 0.25) is 0 Å². The van der Waals surface area contributed by atoms with Gasteiger partial charge in [0.25, 0.3) is 0 Å². The van der Waals surface area contributed by atoms with Gasteiger partial charge in [-0.1, -0.05) is 30.3 Å². The van der Waals surface area contributed by atoms with E-state index in [4.69, 9.17) is 0 Å². The van der Waals surface area contributed by atoms with E-state index in [0.29, 0.717) is 5.56 Å². The molecule has 4 nitrogen and oxygen atoms in total. The maximum Gasteiger partial charge on any atom is 0.393 e. The molecule has 0 saturated heterocycles. The smallest absolute Gasteiger partial charge is 0.309 e. The molecule has 0 bridgehead atoms. The molecule has 0 radical (unpaired) electrons. The molecule has 1 fully saturated rings. The summed E-state index contributed by atoms with van der Waals surface area (Å²) >= 11 is 0. The van der Waals surface area contributed by atoms with Crippen molar-refractivity contribution >= 4 is 11.7 Å². The lowest BCUT2D eigenvalue weighted by atomic mass is 9.74. The van der Waals surface area contributed by atoms with Crippen molar-refractivity contribution in [3.05, 3.63) is 35.9 Å². The number of halogens is 7. The first-order valence-corrected chi connectivity index (χ1v) is 8.55. The Balaban J connectivity index is 1.86. The van der Waals surface area contributed by atoms with Gasteiger partial charge in [-0.2, -0.15) is 35.8 Å². The first-order valence-electron chi connectivity index (χ1n) is 8.55. The molecule has 0 unspecified atom stereocenters. The summed E-state index contributed by atoms with van der Waals surface area (Å²) in [7, 11) is 1.37. The fraction of sp³-hybridized carbons (Fsp3) is 0.444. The van der Waals surface area contributed by atoms with Crippen molar-refractivity contribution in [2.45, 2.75) is 37.3 Å². The van der Waals surface area contributed by atoms with Gasteiger partial charge in [0.05, 0.1) is 12.1 Å². The Labute approximate surface area is 160 Å². The SMILES string of the molecule is Cn1nc(NC(=O)C[C@@H]2CC(F)(F)C2(F)F)c(CC(F)(F)F)c1-c1ccccc1. The molecule has 1 amide bonds. The molecule has 29 heavy (non-hydrogen) atoms. The molecule has 1 aromatic carbocycles. The number of aryl methyl sites for hydroxylation is 1. The van der Waals surface area contributed by atoms with Crippen molar-refractivity contribution in [3.63, 3.8) is 0 Å². The molecule has 3 rings (SSSR count). The Bertz CT molecular complexity index is 906. The van der Waals surface area contributed by atoms with E-state index in [1.807, 2.05) is 0 Å². The van der Waals surface area contributed by atoms with Gasteiger partial charge in [0, 0.05) is 36.9 Å². The van der Waals surface area contributed by atoms with Crippen molar-refractivity contribution in [1.82, 2.24) is 9.78 Å². The minimum atomic E-state index is -4.63. The quantitative estimate of drug-likeness (QED) is 0.702. The number of nitrogens with zero attached hydrogens (tertiary/aromatic N) is 2. The van der Waals surface area contributed by atoms with Gasteiger partial charge < -0.3 is 5.32 Å². The number of anilines is 1. The van der Waals surface area contributed by atoms with Crippen molar-refractivity contribution in [2.24, 2.45) is 13.0 Å². The predicted octanol–water partition coefficient (Wildman–Crippen LogP) is 4.81. The molecule has 1 heterocycles. The Kier molecular flexibility index (Phi) is 5.12. The van der Waals surface area contributed by atoms with Crippen LogP contribution in [0.25, 0.3) is 11.3 Å². The van der Waals surface area contributed by atoms with Crippen LogP contribution in [0.4, 0.5) is 36.6 Å². The standard InChI is InChI=1S/C18H16F7N3O/c1-28-14(10-5-3-2-4-6-10)12(9-17(21,22)23)15(27-28)26-13(29)7-11-8-16(19,20)18(11,24)25/h2-6,11H,7-9H2,1H3,(H,26,27,29)/t11-/m1/s1. The molecule has 158 valence electrons. The van der Waals surface area contributed by atoms with Crippen LogP contribution in [0.3, 0.4) is 0 Å². The summed E-state index contributed by atoms with van der Waals surface area (Å²) in [5, 5.41) is 5.96. The van der Waals surface area contributed by atoms with Crippen LogP contribution in [0.15, 0.2) is 30.3 Å². The number of rotatable bonds is 5. The molecule has 0 aliphatic heterocycles. The van der Waals surface area contributed by atoms with E-state index in [0.717, 1.165) is 4.68 Å². The Morgan fingerprint density at radius 1 is 1.21 bits per heavy atom. The minimum Gasteiger partial charge on any atom is -0.309 e. The highest BCUT2D eigenvalue weighted by Gasteiger charge is 2.71. The second-order valence-corrected chi connectivity index (χ2v) is 6.94. The van der Waals surface area contributed by atoms with Crippen molar-refractivity contribution < 1.29 is 35.5 Å². The van der Waals surface area contributed by atoms with Crippen molar-refractivity contribution in [1.29, 1.82) is 0 Å². The number of hydrogen-bond acceptors (Lipinski definition) is 2. The number of hydrogen-bond donors (Lipinski definition) is 1. The molecular weight excluding hydrogens is 407 g/mol. The van der Waals surface area contributed by atoms with Gasteiger partial charge in [-0.25, -0.2) is 0 Å². The number of alkyl halides is 7. The Hall–Kier alpha value is -2.59. The third kappa shape index (κ3) is 4.08. The Morgan fingerprint density at radius 2 is 1.83 bits per heavy atom. The van der Waals surface area contributed by atoms with Gasteiger partial charge in [-0.15, -0.1) is 0 Å². The average Bonchev–Trinajstić information content (AvgIpc) is 2.88. The zero-order chi connectivity index (χ0) is 21.6. The highest BCUT2D eigenvalue weighted by Crippen LogP contribution is 2.56. The monoisotopic (exact) mass is 423 g/mol. The van der Waals surface area contributed by atoms with E-state index in [9.17, 15) is 35.5 Å². The normalized spacial score (nSPS) is 20.2. The highest BCUT2D eigenvalue weighted by atomic mass is 19.4. The van der Waals surface area contributed by atoms with Crippen LogP contribution >= 0.6 is 0 Å². The zero-order valence-corrected chi connectivity index (χ0v) is 15.0. The van der Waals surface area contributed by atoms with Gasteiger partial charge in [-0.3, -0.25) is 9.48 Å². The van der Waals surface area contributed by atoms with Crippen LogP contribution < -0.4 is 5.32 Å². The maximum atomic E-state index is 13.4. The first-order chi connectivity index (χ1) is 13.3. The molecule has 1 saturated carbocycles. The molecule has 1 aliphatic carbocycles. The number of nitrogens with one attached hydrogen (secondary N) is 1. The zero-order valence-electron chi connectivity index (χ0n) is 15.0. The summed E-state index contributed by atoms with van der Waals surface area (Å²) in [6.07, 6.45) is -8.17. The van der Waals surface area contributed by atoms with E-state index in [2.05, 4.69) is 10.4 Å². The highest BCUT2D eigenvalue weighted by molar-refractivity contribution is 5.92. The maximum absolute atomic E-state index is 13.4. The van der Waals surface area contributed by atoms with E-state index >= 15 is 0 Å². The van der Waals surface area contributed by atoms with Crippen LogP contribution in [0.1, 0.15) is 18.4 Å². The minimum absolute atomic E-state index is 0.0960. The van der Waals surface area contributed by atoms with Crippen molar-refractivity contribution in [3.8, 4) is 11.3 Å². The fourth-order valence-corrected chi connectivity index (χ4v) is 3.34. The summed E-state index contributed by atoms with van der Waals surface area (Å²) in [6, 6.07) is 7.99. The third-order valence-corrected chi connectivity index (χ3v) is 4.76. The van der Waals surface area contributed by atoms with E-state index < -0.39 is 54.9 Å². The molecule has 1 aliphatic rings. The predicted molar refractivity (Wildman–Crippen MR) is 89.7 cm³/mol. The molecular formula is C18H16F7N3O. The lowest BCUT2D eigenvalue weighted by molar-refractivity contribution is -0.313. The summed E-state index contributed by atoms with van der Waals surface area (Å²) < 4.78 is 93.0. The Morgan fingerprint density at radius 3 is 2.34 bits per heavy atom. The van der Waals surface area contributed by atoms with Crippen LogP contribution in [-0.2, 0) is 18.3 Å². The van der Waals surface area contributed by atoms with Crippen LogP contribution in [-0.4, -0.2) is 33.7 Å². The number of carbonyl (C=O) groups is 1. The van der Waals surface area contributed by atoms with Gasteiger partial charge in [-0.05, 0) is 0 Å². The molecule has 1 N–H and O–H groups in total. The summed E-state index contributed by atoms with van der Waals surface area (Å²) in [5.41, 5.74) is 0.163. The molecule has 11 heteroatoms. The first kappa shape index (κ1) is 21.1. The van der Waals surface area contributed by atoms with Crippen LogP contribution in [0, 0.1) is 5.92 Å². The number of aromatic nitrogens is 2. The number of benzene rings is 1. The van der Waals surface area contributed by atoms with Crippen LogP contribution in [0.5, 0.6) is 0 Å². The average molecular weight is 423 g/mol. The lowest BCUT2D eigenvalue weighted by Crippen LogP contribution is -2.59. The molecule has 2 aromatic rings. The van der Waals surface area contributed by atoms with Gasteiger partial charge >= 0.3 is 18.0 Å². The third-order valence-electron chi connectivity index (χ3n) is 4.76. The van der Waals surface area contributed by atoms with Gasteiger partial charge in [0.1, 0.15) is 0 Å². The van der Waals surface area contributed by atoms with E-state index in [-0.39, 0.29) is 11.3 Å². The largest absolute Gasteiger partial charge is 0.393 e. The lowest BCUT2D eigenvalue weighted by Gasteiger charge is -2.43. The second-order valence-electron chi connectivity index (χ2n) is 6.94. The van der Waals surface area contributed by atoms with Gasteiger partial charge in [0.15, 0.2) is 5.82 Å². The molecule has 1 atom stereocenters. The summed E-state index contributed by atoms with van der Waals surface area (Å²) in [6.45, 7) is 0. The second kappa shape index (κ2) is 7.03. The topological polar surface area (TPSA) is 46.9 Å². The molecule has 0 spiro atoms. The summed E-state index contributed by atoms with van der Waals surface area (Å²) in [4.78, 5) is 12.1.